The van der Waals surface area contributed by atoms with Gasteiger partial charge >= 0.3 is 0 Å². The van der Waals surface area contributed by atoms with E-state index in [1.165, 1.54) is 75.8 Å². The van der Waals surface area contributed by atoms with Crippen LogP contribution in [0.4, 0.5) is 0 Å². The second kappa shape index (κ2) is 7.51. The number of aromatic nitrogens is 2. The Bertz CT molecular complexity index is 2360. The van der Waals surface area contributed by atoms with Crippen LogP contribution >= 0.6 is 22.7 Å². The molecule has 184 valence electrons. The van der Waals surface area contributed by atoms with Crippen molar-refractivity contribution < 1.29 is 0 Å². The van der Waals surface area contributed by atoms with E-state index >= 15 is 0 Å². The minimum Gasteiger partial charge on any atom is -0.223 e. The minimum atomic E-state index is 1.01. The normalized spacial score (nSPS) is 12.5. The van der Waals surface area contributed by atoms with Crippen LogP contribution in [0.15, 0.2) is 109 Å². The maximum atomic E-state index is 5.15. The Morgan fingerprint density at radius 2 is 0.700 bits per heavy atom. The maximum Gasteiger partial charge on any atom is 0.155 e. The number of thiazole rings is 2. The van der Waals surface area contributed by atoms with Crippen LogP contribution in [0.25, 0.3) is 95.4 Å². The van der Waals surface area contributed by atoms with E-state index in [0.717, 1.165) is 19.7 Å². The number of hydrogen-bond acceptors (Lipinski definition) is 4. The Hall–Kier alpha value is -4.64. The Kier molecular flexibility index (Phi) is 3.98. The molecule has 0 N–H and O–H groups in total. The SMILES string of the molecule is c1cc2ccc3ccc(-c4nc5sc(-c6ccc7ccc8cccc9ccc6c7c89)nc5s4)c4ccc(c1)c2c34. The molecule has 40 heavy (non-hydrogen) atoms. The van der Waals surface area contributed by atoms with E-state index in [2.05, 4.69) is 109 Å². The third-order valence-corrected chi connectivity index (χ3v) is 10.6. The van der Waals surface area contributed by atoms with Gasteiger partial charge in [-0.25, -0.2) is 9.97 Å². The van der Waals surface area contributed by atoms with Gasteiger partial charge in [0.25, 0.3) is 0 Å². The number of nitrogens with zero attached hydrogens (tertiary/aromatic N) is 2. The van der Waals surface area contributed by atoms with Crippen molar-refractivity contribution in [1.82, 2.24) is 9.97 Å². The lowest BCUT2D eigenvalue weighted by molar-refractivity contribution is 1.50. The van der Waals surface area contributed by atoms with E-state index in [4.69, 9.17) is 9.97 Å². The molecule has 0 bridgehead atoms. The van der Waals surface area contributed by atoms with Gasteiger partial charge in [0, 0.05) is 11.1 Å². The summed E-state index contributed by atoms with van der Waals surface area (Å²) in [5.41, 5.74) is 2.37. The van der Waals surface area contributed by atoms with Crippen molar-refractivity contribution in [2.24, 2.45) is 0 Å². The second-order valence-corrected chi connectivity index (χ2v) is 12.5. The van der Waals surface area contributed by atoms with Crippen molar-refractivity contribution >= 4 is 97.0 Å². The van der Waals surface area contributed by atoms with Gasteiger partial charge in [-0.15, -0.1) is 0 Å². The molecular weight excluding hydrogens is 525 g/mol. The van der Waals surface area contributed by atoms with Gasteiger partial charge in [0.15, 0.2) is 9.66 Å². The lowest BCUT2D eigenvalue weighted by Gasteiger charge is -2.13. The highest BCUT2D eigenvalue weighted by molar-refractivity contribution is 7.29. The maximum absolute atomic E-state index is 5.15. The highest BCUT2D eigenvalue weighted by Gasteiger charge is 2.19. The van der Waals surface area contributed by atoms with E-state index in [1.807, 2.05) is 0 Å². The lowest BCUT2D eigenvalue weighted by atomic mass is 9.92. The summed E-state index contributed by atoms with van der Waals surface area (Å²) in [6, 6.07) is 40.0. The zero-order valence-corrected chi connectivity index (χ0v) is 22.7. The van der Waals surface area contributed by atoms with Gasteiger partial charge in [-0.3, -0.25) is 0 Å². The highest BCUT2D eigenvalue weighted by Crippen LogP contribution is 2.44. The Balaban J connectivity index is 1.16. The van der Waals surface area contributed by atoms with Gasteiger partial charge in [-0.05, 0) is 64.6 Å². The zero-order chi connectivity index (χ0) is 25.9. The Labute approximate surface area is 236 Å². The van der Waals surface area contributed by atoms with Crippen LogP contribution in [-0.4, -0.2) is 9.97 Å². The predicted molar refractivity (Wildman–Crippen MR) is 174 cm³/mol. The highest BCUT2D eigenvalue weighted by atomic mass is 32.1. The predicted octanol–water partition coefficient (Wildman–Crippen LogP) is 10.9. The van der Waals surface area contributed by atoms with Crippen LogP contribution in [-0.2, 0) is 0 Å². The summed E-state index contributed by atoms with van der Waals surface area (Å²) in [4.78, 5) is 12.3. The van der Waals surface area contributed by atoms with Crippen LogP contribution in [0, 0.1) is 0 Å². The lowest BCUT2D eigenvalue weighted by Crippen LogP contribution is -1.87. The Morgan fingerprint density at radius 3 is 1.12 bits per heavy atom. The van der Waals surface area contributed by atoms with Crippen molar-refractivity contribution in [2.75, 3.05) is 0 Å². The van der Waals surface area contributed by atoms with Gasteiger partial charge in [0.1, 0.15) is 10.0 Å². The molecule has 10 rings (SSSR count). The molecule has 8 aromatic carbocycles. The molecule has 0 fully saturated rings. The van der Waals surface area contributed by atoms with Gasteiger partial charge in [-0.2, -0.15) is 0 Å². The first-order chi connectivity index (χ1) is 19.8. The van der Waals surface area contributed by atoms with Crippen molar-refractivity contribution in [3.63, 3.8) is 0 Å². The summed E-state index contributed by atoms with van der Waals surface area (Å²) in [6.07, 6.45) is 0. The fraction of sp³-hybridized carbons (Fsp3) is 0. The monoisotopic (exact) mass is 542 g/mol. The molecular formula is C36H18N2S2. The van der Waals surface area contributed by atoms with Gasteiger partial charge < -0.3 is 0 Å². The fourth-order valence-electron chi connectivity index (χ4n) is 6.72. The van der Waals surface area contributed by atoms with E-state index < -0.39 is 0 Å². The van der Waals surface area contributed by atoms with E-state index in [9.17, 15) is 0 Å². The van der Waals surface area contributed by atoms with Crippen molar-refractivity contribution in [3.05, 3.63) is 109 Å². The molecule has 0 aliphatic carbocycles. The van der Waals surface area contributed by atoms with Crippen LogP contribution in [0.5, 0.6) is 0 Å². The van der Waals surface area contributed by atoms with Crippen LogP contribution in [0.1, 0.15) is 0 Å². The second-order valence-electron chi connectivity index (χ2n) is 10.6. The topological polar surface area (TPSA) is 25.8 Å². The summed E-state index contributed by atoms with van der Waals surface area (Å²) in [6.45, 7) is 0. The van der Waals surface area contributed by atoms with E-state index in [-0.39, 0.29) is 0 Å². The molecule has 0 atom stereocenters. The number of benzene rings is 8. The van der Waals surface area contributed by atoms with Crippen LogP contribution in [0.3, 0.4) is 0 Å². The van der Waals surface area contributed by atoms with E-state index in [0.29, 0.717) is 0 Å². The Morgan fingerprint density at radius 1 is 0.350 bits per heavy atom. The molecule has 0 amide bonds. The number of rotatable bonds is 2. The molecule has 0 saturated carbocycles. The summed E-state index contributed by atoms with van der Waals surface area (Å²) in [7, 11) is 0. The molecule has 0 aliphatic heterocycles. The molecule has 2 heterocycles. The molecule has 0 aliphatic rings. The van der Waals surface area contributed by atoms with Gasteiger partial charge in [-0.1, -0.05) is 132 Å². The molecule has 2 nitrogen and oxygen atoms in total. The first-order valence-electron chi connectivity index (χ1n) is 13.4. The quantitative estimate of drug-likeness (QED) is 0.203. The summed E-state index contributed by atoms with van der Waals surface area (Å²) in [5, 5.41) is 17.6. The average Bonchev–Trinajstić information content (AvgIpc) is 3.58. The first-order valence-corrected chi connectivity index (χ1v) is 15.0. The molecule has 2 aromatic heterocycles. The molecule has 0 saturated heterocycles. The van der Waals surface area contributed by atoms with Gasteiger partial charge in [0.2, 0.25) is 0 Å². The standard InChI is InChI=1S/C36H18N2S2/c1-3-19-7-9-23-13-17-27(25-15-11-21(5-1)29(19)31(23)25)33-37-35-36(39-33)38-34(40-35)28-18-14-24-10-8-20-4-2-6-22-12-16-26(28)32(24)30(20)22/h1-18H. The molecule has 0 unspecified atom stereocenters. The first kappa shape index (κ1) is 21.2. The largest absolute Gasteiger partial charge is 0.223 e. The van der Waals surface area contributed by atoms with Crippen LogP contribution in [0.2, 0.25) is 0 Å². The third kappa shape index (κ3) is 2.72. The third-order valence-electron chi connectivity index (χ3n) is 8.49. The molecule has 0 spiro atoms. The number of hydrogen-bond donors (Lipinski definition) is 0. The minimum absolute atomic E-state index is 1.01. The van der Waals surface area contributed by atoms with Crippen molar-refractivity contribution in [2.45, 2.75) is 0 Å². The van der Waals surface area contributed by atoms with E-state index in [1.54, 1.807) is 22.7 Å². The van der Waals surface area contributed by atoms with Crippen molar-refractivity contribution in [1.29, 1.82) is 0 Å². The zero-order valence-electron chi connectivity index (χ0n) is 21.1. The molecule has 4 heteroatoms. The van der Waals surface area contributed by atoms with Gasteiger partial charge in [0.05, 0.1) is 0 Å². The van der Waals surface area contributed by atoms with Crippen LogP contribution < -0.4 is 0 Å². The fourth-order valence-corrected chi connectivity index (χ4v) is 8.84. The van der Waals surface area contributed by atoms with Crippen molar-refractivity contribution in [3.8, 4) is 21.1 Å². The number of fused-ring (bicyclic) bond motifs is 1. The smallest absolute Gasteiger partial charge is 0.155 e. The molecule has 10 aromatic rings. The summed E-state index contributed by atoms with van der Waals surface area (Å²) < 4.78 is 0. The molecule has 0 radical (unpaired) electrons. The average molecular weight is 543 g/mol. The summed E-state index contributed by atoms with van der Waals surface area (Å²) in [5.74, 6) is 0. The summed E-state index contributed by atoms with van der Waals surface area (Å²) >= 11 is 3.40.